The smallest absolute Gasteiger partial charge is 0.0595 e. The first-order chi connectivity index (χ1) is 8.56. The Kier molecular flexibility index (Phi) is 7.02. The maximum absolute atomic E-state index is 6.01. The van der Waals surface area contributed by atoms with E-state index in [1.54, 1.807) is 0 Å². The van der Waals surface area contributed by atoms with Crippen LogP contribution >= 0.6 is 23.2 Å². The van der Waals surface area contributed by atoms with Crippen LogP contribution in [0, 0.1) is 5.92 Å². The molecule has 1 aromatic carbocycles. The summed E-state index contributed by atoms with van der Waals surface area (Å²) in [6.45, 7) is 4.48. The fraction of sp³-hybridized carbons (Fsp3) is 0.571. The summed E-state index contributed by atoms with van der Waals surface area (Å²) in [6.07, 6.45) is 4.40. The molecule has 0 aliphatic heterocycles. The van der Waals surface area contributed by atoms with Gasteiger partial charge in [-0.15, -0.1) is 0 Å². The summed E-state index contributed by atoms with van der Waals surface area (Å²) in [6, 6.07) is 6.04. The number of halogens is 2. The van der Waals surface area contributed by atoms with E-state index in [1.165, 1.54) is 12.8 Å². The van der Waals surface area contributed by atoms with Crippen LogP contribution in [0.2, 0.25) is 10.0 Å². The predicted molar refractivity (Wildman–Crippen MR) is 80.0 cm³/mol. The number of nitrogens with one attached hydrogen (secondary N) is 1. The Hall–Kier alpha value is -0.280. The standard InChI is InChI=1S/C14H22Cl2N2/c1-3-4-10(2)7-12(18-17)8-11-5-6-13(15)14(16)9-11/h5-6,9-10,12,18H,3-4,7-8,17H2,1-2H3. The van der Waals surface area contributed by atoms with Crippen LogP contribution < -0.4 is 11.3 Å². The van der Waals surface area contributed by atoms with E-state index in [4.69, 9.17) is 29.0 Å². The second-order valence-electron chi connectivity index (χ2n) is 4.95. The normalized spacial score (nSPS) is 14.5. The molecule has 0 amide bonds. The molecule has 0 spiro atoms. The van der Waals surface area contributed by atoms with Crippen LogP contribution in [0.1, 0.15) is 38.7 Å². The van der Waals surface area contributed by atoms with E-state index in [9.17, 15) is 0 Å². The lowest BCUT2D eigenvalue weighted by atomic mass is 9.94. The highest BCUT2D eigenvalue weighted by Crippen LogP contribution is 2.24. The second kappa shape index (κ2) is 8.00. The van der Waals surface area contributed by atoms with Crippen LogP contribution in [0.5, 0.6) is 0 Å². The zero-order valence-corrected chi connectivity index (χ0v) is 12.6. The van der Waals surface area contributed by atoms with Gasteiger partial charge >= 0.3 is 0 Å². The fourth-order valence-corrected chi connectivity index (χ4v) is 2.58. The molecule has 0 aromatic heterocycles. The molecule has 0 saturated carbocycles. The van der Waals surface area contributed by atoms with Crippen molar-refractivity contribution in [1.29, 1.82) is 0 Å². The Balaban J connectivity index is 2.59. The summed E-state index contributed by atoms with van der Waals surface area (Å²) < 4.78 is 0. The van der Waals surface area contributed by atoms with Crippen LogP contribution in [0.15, 0.2) is 18.2 Å². The van der Waals surface area contributed by atoms with E-state index in [-0.39, 0.29) is 6.04 Å². The third-order valence-corrected chi connectivity index (χ3v) is 3.91. The van der Waals surface area contributed by atoms with Gasteiger partial charge < -0.3 is 0 Å². The number of nitrogens with two attached hydrogens (primary N) is 1. The fourth-order valence-electron chi connectivity index (χ4n) is 2.26. The number of hydrazine groups is 1. The maximum atomic E-state index is 6.01. The lowest BCUT2D eigenvalue weighted by molar-refractivity contribution is 0.385. The molecule has 4 heteroatoms. The molecule has 1 aromatic rings. The summed E-state index contributed by atoms with van der Waals surface area (Å²) in [7, 11) is 0. The molecule has 1 rings (SSSR count). The number of hydrogen-bond acceptors (Lipinski definition) is 2. The van der Waals surface area contributed by atoms with Gasteiger partial charge in [0.05, 0.1) is 10.0 Å². The average Bonchev–Trinajstić information content (AvgIpc) is 2.33. The maximum Gasteiger partial charge on any atom is 0.0595 e. The average molecular weight is 289 g/mol. The van der Waals surface area contributed by atoms with E-state index < -0.39 is 0 Å². The van der Waals surface area contributed by atoms with Crippen LogP contribution in [-0.4, -0.2) is 6.04 Å². The van der Waals surface area contributed by atoms with Crippen molar-refractivity contribution in [3.63, 3.8) is 0 Å². The molecule has 102 valence electrons. The molecule has 2 atom stereocenters. The van der Waals surface area contributed by atoms with Crippen molar-refractivity contribution >= 4 is 23.2 Å². The SMILES string of the molecule is CCCC(C)CC(Cc1ccc(Cl)c(Cl)c1)NN. The zero-order valence-electron chi connectivity index (χ0n) is 11.0. The Labute approximate surface area is 120 Å². The number of rotatable bonds is 7. The first-order valence-electron chi connectivity index (χ1n) is 6.46. The van der Waals surface area contributed by atoms with E-state index >= 15 is 0 Å². The molecular formula is C14H22Cl2N2. The molecule has 0 bridgehead atoms. The molecule has 0 fully saturated rings. The molecule has 2 unspecified atom stereocenters. The van der Waals surface area contributed by atoms with Gasteiger partial charge in [0.15, 0.2) is 0 Å². The van der Waals surface area contributed by atoms with Gasteiger partial charge in [0, 0.05) is 6.04 Å². The first kappa shape index (κ1) is 15.8. The van der Waals surface area contributed by atoms with Gasteiger partial charge in [-0.3, -0.25) is 11.3 Å². The monoisotopic (exact) mass is 288 g/mol. The molecule has 0 radical (unpaired) electrons. The highest BCUT2D eigenvalue weighted by Gasteiger charge is 2.12. The molecule has 2 nitrogen and oxygen atoms in total. The van der Waals surface area contributed by atoms with E-state index in [0.29, 0.717) is 16.0 Å². The highest BCUT2D eigenvalue weighted by atomic mass is 35.5. The first-order valence-corrected chi connectivity index (χ1v) is 7.22. The zero-order chi connectivity index (χ0) is 13.5. The van der Waals surface area contributed by atoms with Crippen molar-refractivity contribution in [2.75, 3.05) is 0 Å². The quantitative estimate of drug-likeness (QED) is 0.583. The summed E-state index contributed by atoms with van der Waals surface area (Å²) >= 11 is 11.9. The van der Waals surface area contributed by atoms with Gasteiger partial charge in [-0.05, 0) is 36.5 Å². The molecule has 0 aliphatic carbocycles. The van der Waals surface area contributed by atoms with Gasteiger partial charge in [-0.1, -0.05) is 56.0 Å². The lowest BCUT2D eigenvalue weighted by Gasteiger charge is -2.20. The van der Waals surface area contributed by atoms with Gasteiger partial charge in [0.25, 0.3) is 0 Å². The predicted octanol–water partition coefficient (Wildman–Crippen LogP) is 4.19. The molecular weight excluding hydrogens is 267 g/mol. The minimum atomic E-state index is 0.281. The van der Waals surface area contributed by atoms with Gasteiger partial charge in [0.2, 0.25) is 0 Å². The Bertz CT molecular complexity index is 369. The van der Waals surface area contributed by atoms with Crippen LogP contribution in [0.25, 0.3) is 0 Å². The summed E-state index contributed by atoms with van der Waals surface area (Å²) in [5.41, 5.74) is 4.06. The highest BCUT2D eigenvalue weighted by molar-refractivity contribution is 6.42. The van der Waals surface area contributed by atoms with Crippen molar-refractivity contribution in [2.45, 2.75) is 45.6 Å². The summed E-state index contributed by atoms with van der Waals surface area (Å²) in [5.74, 6) is 6.30. The third kappa shape index (κ3) is 5.15. The Morgan fingerprint density at radius 2 is 2.00 bits per heavy atom. The minimum absolute atomic E-state index is 0.281. The van der Waals surface area contributed by atoms with Crippen molar-refractivity contribution in [1.82, 2.24) is 5.43 Å². The second-order valence-corrected chi connectivity index (χ2v) is 5.76. The molecule has 0 aliphatic rings. The van der Waals surface area contributed by atoms with Crippen LogP contribution in [0.3, 0.4) is 0 Å². The largest absolute Gasteiger partial charge is 0.271 e. The Morgan fingerprint density at radius 1 is 1.28 bits per heavy atom. The Morgan fingerprint density at radius 3 is 2.56 bits per heavy atom. The van der Waals surface area contributed by atoms with Crippen molar-refractivity contribution in [3.05, 3.63) is 33.8 Å². The van der Waals surface area contributed by atoms with Gasteiger partial charge in [-0.25, -0.2) is 0 Å². The molecule has 3 N–H and O–H groups in total. The summed E-state index contributed by atoms with van der Waals surface area (Å²) in [4.78, 5) is 0. The van der Waals surface area contributed by atoms with Crippen LogP contribution in [-0.2, 0) is 6.42 Å². The van der Waals surface area contributed by atoms with Crippen molar-refractivity contribution in [3.8, 4) is 0 Å². The van der Waals surface area contributed by atoms with Gasteiger partial charge in [0.1, 0.15) is 0 Å². The van der Waals surface area contributed by atoms with Crippen LogP contribution in [0.4, 0.5) is 0 Å². The minimum Gasteiger partial charge on any atom is -0.271 e. The molecule has 0 heterocycles. The third-order valence-electron chi connectivity index (χ3n) is 3.17. The molecule has 18 heavy (non-hydrogen) atoms. The van der Waals surface area contributed by atoms with Crippen molar-refractivity contribution in [2.24, 2.45) is 11.8 Å². The number of benzene rings is 1. The summed E-state index contributed by atoms with van der Waals surface area (Å²) in [5, 5.41) is 1.20. The van der Waals surface area contributed by atoms with Gasteiger partial charge in [-0.2, -0.15) is 0 Å². The number of hydrogen-bond donors (Lipinski definition) is 2. The van der Waals surface area contributed by atoms with E-state index in [2.05, 4.69) is 19.3 Å². The van der Waals surface area contributed by atoms with E-state index in [1.807, 2.05) is 18.2 Å². The van der Waals surface area contributed by atoms with Crippen molar-refractivity contribution < 1.29 is 0 Å². The van der Waals surface area contributed by atoms with E-state index in [0.717, 1.165) is 18.4 Å². The topological polar surface area (TPSA) is 38.0 Å². The lowest BCUT2D eigenvalue weighted by Crippen LogP contribution is -2.38. The molecule has 0 saturated heterocycles.